The lowest BCUT2D eigenvalue weighted by Gasteiger charge is -2.38. The summed E-state index contributed by atoms with van der Waals surface area (Å²) in [7, 11) is 0. The highest BCUT2D eigenvalue weighted by atomic mass is 16.7. The van der Waals surface area contributed by atoms with Crippen molar-refractivity contribution >= 4 is 23.5 Å². The minimum atomic E-state index is -1.87. The Kier molecular flexibility index (Phi) is 10.0. The summed E-state index contributed by atoms with van der Waals surface area (Å²) < 4.78 is 16.2. The van der Waals surface area contributed by atoms with Gasteiger partial charge < -0.3 is 45.3 Å². The van der Waals surface area contributed by atoms with Crippen LogP contribution in [0.5, 0.6) is 5.75 Å². The van der Waals surface area contributed by atoms with Crippen molar-refractivity contribution in [3.63, 3.8) is 0 Å². The summed E-state index contributed by atoms with van der Waals surface area (Å²) in [4.78, 5) is 36.2. The van der Waals surface area contributed by atoms with E-state index < -0.39 is 48.1 Å². The molecule has 1 aliphatic rings. The van der Waals surface area contributed by atoms with Crippen molar-refractivity contribution in [3.8, 4) is 5.75 Å². The number of benzene rings is 1. The average molecular weight is 527 g/mol. The molecule has 5 atom stereocenters. The van der Waals surface area contributed by atoms with Crippen molar-refractivity contribution < 1.29 is 49.0 Å². The fourth-order valence-corrected chi connectivity index (χ4v) is 3.27. The number of ether oxygens (including phenoxy) is 3. The third kappa shape index (κ3) is 8.93. The summed E-state index contributed by atoms with van der Waals surface area (Å²) >= 11 is 0. The third-order valence-electron chi connectivity index (χ3n) is 5.36. The Bertz CT molecular complexity index is 969. The molecule has 1 aliphatic heterocycles. The number of rotatable bonds is 9. The van der Waals surface area contributed by atoms with Gasteiger partial charge in [-0.1, -0.05) is 6.07 Å². The van der Waals surface area contributed by atoms with Crippen LogP contribution < -0.4 is 15.4 Å². The maximum absolute atomic E-state index is 12.6. The van der Waals surface area contributed by atoms with Gasteiger partial charge in [-0.25, -0.2) is 4.79 Å². The number of hydrogen-bond acceptors (Lipinski definition) is 10. The van der Waals surface area contributed by atoms with E-state index in [4.69, 9.17) is 14.2 Å². The minimum absolute atomic E-state index is 0.000179. The zero-order valence-corrected chi connectivity index (χ0v) is 22.0. The lowest BCUT2D eigenvalue weighted by atomic mass is 9.97. The zero-order valence-electron chi connectivity index (χ0n) is 22.0. The molecular formula is C25H38N2O10. The molecule has 1 aromatic rings. The molecule has 2 rings (SSSR count). The van der Waals surface area contributed by atoms with Crippen LogP contribution in [0, 0.1) is 5.41 Å². The largest absolute Gasteiger partial charge is 0.479 e. The average Bonchev–Trinajstić information content (AvgIpc) is 2.77. The molecule has 0 aliphatic carbocycles. The number of carbonyl (C=O) groups is 3. The lowest BCUT2D eigenvalue weighted by molar-refractivity contribution is -0.271. The SMILES string of the molecule is CC(C)(C)NCCC(=O)Nc1cc(COC(=O)C(C)(C)C)ccc1O[C@@H]1O[C@H](C(=O)O)[C@@H](O)[C@H](O)[C@H]1O. The van der Waals surface area contributed by atoms with Gasteiger partial charge in [-0.05, 0) is 59.2 Å². The van der Waals surface area contributed by atoms with Gasteiger partial charge in [0.25, 0.3) is 0 Å². The van der Waals surface area contributed by atoms with Gasteiger partial charge in [-0.3, -0.25) is 9.59 Å². The number of aliphatic carboxylic acids is 1. The molecule has 1 amide bonds. The molecule has 0 unspecified atom stereocenters. The van der Waals surface area contributed by atoms with Crippen molar-refractivity contribution in [3.05, 3.63) is 23.8 Å². The van der Waals surface area contributed by atoms with E-state index in [0.717, 1.165) is 0 Å². The Morgan fingerprint density at radius 3 is 2.22 bits per heavy atom. The minimum Gasteiger partial charge on any atom is -0.479 e. The fraction of sp³-hybridized carbons (Fsp3) is 0.640. The molecule has 0 bridgehead atoms. The van der Waals surface area contributed by atoms with E-state index in [-0.39, 0.29) is 35.9 Å². The van der Waals surface area contributed by atoms with Crippen LogP contribution in [0.4, 0.5) is 5.69 Å². The number of hydrogen-bond donors (Lipinski definition) is 6. The number of amides is 1. The number of esters is 1. The van der Waals surface area contributed by atoms with Crippen LogP contribution in [-0.2, 0) is 30.5 Å². The first-order valence-electron chi connectivity index (χ1n) is 11.9. The van der Waals surface area contributed by atoms with Gasteiger partial charge in [0.1, 0.15) is 30.7 Å². The molecule has 37 heavy (non-hydrogen) atoms. The lowest BCUT2D eigenvalue weighted by Crippen LogP contribution is -2.61. The maximum atomic E-state index is 12.6. The van der Waals surface area contributed by atoms with Crippen LogP contribution in [0.25, 0.3) is 0 Å². The summed E-state index contributed by atoms with van der Waals surface area (Å²) in [6.45, 7) is 11.3. The Labute approximate surface area is 215 Å². The number of aliphatic hydroxyl groups excluding tert-OH is 3. The Morgan fingerprint density at radius 1 is 1.00 bits per heavy atom. The number of carboxylic acids is 1. The Morgan fingerprint density at radius 2 is 1.65 bits per heavy atom. The predicted molar refractivity (Wildman–Crippen MR) is 132 cm³/mol. The highest BCUT2D eigenvalue weighted by Gasteiger charge is 2.48. The van der Waals surface area contributed by atoms with Crippen LogP contribution in [-0.4, -0.2) is 81.1 Å². The van der Waals surface area contributed by atoms with E-state index >= 15 is 0 Å². The number of anilines is 1. The first-order valence-corrected chi connectivity index (χ1v) is 11.9. The molecule has 1 heterocycles. The van der Waals surface area contributed by atoms with Crippen molar-refractivity contribution in [1.29, 1.82) is 0 Å². The highest BCUT2D eigenvalue weighted by molar-refractivity contribution is 5.92. The number of nitrogens with one attached hydrogen (secondary N) is 2. The van der Waals surface area contributed by atoms with E-state index in [1.165, 1.54) is 12.1 Å². The van der Waals surface area contributed by atoms with Crippen LogP contribution in [0.1, 0.15) is 53.5 Å². The van der Waals surface area contributed by atoms with Crippen molar-refractivity contribution in [2.75, 3.05) is 11.9 Å². The summed E-state index contributed by atoms with van der Waals surface area (Å²) in [5.74, 6) is -2.34. The van der Waals surface area contributed by atoms with Gasteiger partial charge in [-0.2, -0.15) is 0 Å². The van der Waals surface area contributed by atoms with E-state index in [2.05, 4.69) is 10.6 Å². The molecular weight excluding hydrogens is 488 g/mol. The van der Waals surface area contributed by atoms with Gasteiger partial charge in [0.05, 0.1) is 11.1 Å². The second-order valence-electron chi connectivity index (χ2n) is 11.0. The van der Waals surface area contributed by atoms with Crippen LogP contribution in [0.2, 0.25) is 0 Å². The highest BCUT2D eigenvalue weighted by Crippen LogP contribution is 2.31. The van der Waals surface area contributed by atoms with Crippen molar-refractivity contribution in [1.82, 2.24) is 5.32 Å². The molecule has 0 saturated carbocycles. The smallest absolute Gasteiger partial charge is 0.335 e. The molecule has 0 aromatic heterocycles. The second kappa shape index (κ2) is 12.2. The second-order valence-corrected chi connectivity index (χ2v) is 11.0. The van der Waals surface area contributed by atoms with Crippen molar-refractivity contribution in [2.45, 2.75) is 90.8 Å². The third-order valence-corrected chi connectivity index (χ3v) is 5.36. The normalized spacial score (nSPS) is 24.3. The molecule has 1 fully saturated rings. The molecule has 208 valence electrons. The van der Waals surface area contributed by atoms with E-state index in [0.29, 0.717) is 12.1 Å². The van der Waals surface area contributed by atoms with Gasteiger partial charge in [-0.15, -0.1) is 0 Å². The quantitative estimate of drug-likeness (QED) is 0.250. The van der Waals surface area contributed by atoms with Gasteiger partial charge in [0.15, 0.2) is 6.10 Å². The summed E-state index contributed by atoms with van der Waals surface area (Å²) in [5.41, 5.74) is -0.225. The monoisotopic (exact) mass is 526 g/mol. The van der Waals surface area contributed by atoms with Crippen LogP contribution >= 0.6 is 0 Å². The van der Waals surface area contributed by atoms with Crippen LogP contribution in [0.15, 0.2) is 18.2 Å². The van der Waals surface area contributed by atoms with Gasteiger partial charge in [0, 0.05) is 18.5 Å². The van der Waals surface area contributed by atoms with E-state index in [1.807, 2.05) is 20.8 Å². The van der Waals surface area contributed by atoms with E-state index in [1.54, 1.807) is 26.8 Å². The summed E-state index contributed by atoms with van der Waals surface area (Å²) in [5, 5.41) is 45.4. The Balaban J connectivity index is 2.26. The maximum Gasteiger partial charge on any atom is 0.335 e. The molecule has 12 heteroatoms. The zero-order chi connectivity index (χ0) is 28.1. The first-order chi connectivity index (χ1) is 17.0. The molecule has 12 nitrogen and oxygen atoms in total. The molecule has 1 saturated heterocycles. The number of carbonyl (C=O) groups excluding carboxylic acids is 2. The van der Waals surface area contributed by atoms with Gasteiger partial charge in [0.2, 0.25) is 12.2 Å². The number of aliphatic hydroxyl groups is 3. The van der Waals surface area contributed by atoms with E-state index in [9.17, 15) is 34.8 Å². The number of carboxylic acid groups (broad SMARTS) is 1. The molecule has 0 spiro atoms. The Hall–Kier alpha value is -2.77. The predicted octanol–water partition coefficient (Wildman–Crippen LogP) is 0.764. The summed E-state index contributed by atoms with van der Waals surface area (Å²) in [6, 6.07) is 4.49. The standard InChI is InChI=1S/C25H38N2O10/c1-24(2,3)23(34)35-12-13-7-8-15(14(11-13)27-16(28)9-10-26-25(4,5)6)36-22-19(31)17(29)18(30)20(37-22)21(32)33/h7-8,11,17-20,22,26,29-31H,9-10,12H2,1-6H3,(H,27,28)(H,32,33)/t17-,18-,19+,20-,22+/m0/s1. The fourth-order valence-electron chi connectivity index (χ4n) is 3.27. The van der Waals surface area contributed by atoms with Gasteiger partial charge >= 0.3 is 11.9 Å². The topological polar surface area (TPSA) is 184 Å². The first kappa shape index (κ1) is 30.5. The van der Waals surface area contributed by atoms with Crippen LogP contribution in [0.3, 0.4) is 0 Å². The molecule has 1 aromatic carbocycles. The molecule has 0 radical (unpaired) electrons. The van der Waals surface area contributed by atoms with Crippen molar-refractivity contribution in [2.24, 2.45) is 5.41 Å². The summed E-state index contributed by atoms with van der Waals surface area (Å²) in [6.07, 6.45) is -8.89. The molecule has 6 N–H and O–H groups in total.